The summed E-state index contributed by atoms with van der Waals surface area (Å²) in [7, 11) is 0. The second kappa shape index (κ2) is 7.86. The maximum Gasteiger partial charge on any atom is 0.0210 e. The number of rotatable bonds is 7. The molecule has 0 aliphatic rings. The lowest BCUT2D eigenvalue weighted by Crippen LogP contribution is -2.26. The van der Waals surface area contributed by atoms with Crippen LogP contribution in [-0.2, 0) is 19.4 Å². The predicted octanol–water partition coefficient (Wildman–Crippen LogP) is 4.36. The van der Waals surface area contributed by atoms with Gasteiger partial charge in [-0.2, -0.15) is 0 Å². The number of hydrogen-bond donors (Lipinski definition) is 1. The molecule has 0 saturated heterocycles. The van der Waals surface area contributed by atoms with Crippen molar-refractivity contribution in [3.05, 3.63) is 71.3 Å². The minimum atomic E-state index is 0.542. The number of aryl methyl sites for hydroxylation is 2. The third-order valence-corrected chi connectivity index (χ3v) is 3.85. The first kappa shape index (κ1) is 14.8. The summed E-state index contributed by atoms with van der Waals surface area (Å²) in [6.45, 7) is 5.47. The van der Waals surface area contributed by atoms with Gasteiger partial charge in [-0.15, -0.1) is 0 Å². The van der Waals surface area contributed by atoms with E-state index >= 15 is 0 Å². The van der Waals surface area contributed by atoms with E-state index in [4.69, 9.17) is 0 Å². The van der Waals surface area contributed by atoms with Crippen LogP contribution in [0.4, 0.5) is 0 Å². The lowest BCUT2D eigenvalue weighted by molar-refractivity contribution is 0.513. The van der Waals surface area contributed by atoms with Crippen LogP contribution >= 0.6 is 0 Å². The average Bonchev–Trinajstić information content (AvgIpc) is 2.52. The van der Waals surface area contributed by atoms with Gasteiger partial charge in [0.2, 0.25) is 0 Å². The molecule has 0 heterocycles. The predicted molar refractivity (Wildman–Crippen MR) is 86.9 cm³/mol. The van der Waals surface area contributed by atoms with E-state index in [0.717, 1.165) is 19.4 Å². The van der Waals surface area contributed by atoms with Crippen molar-refractivity contribution in [2.45, 2.75) is 45.7 Å². The van der Waals surface area contributed by atoms with Crippen LogP contribution < -0.4 is 5.32 Å². The number of nitrogens with one attached hydrogen (secondary N) is 1. The molecule has 0 spiro atoms. The van der Waals surface area contributed by atoms with E-state index in [2.05, 4.69) is 73.8 Å². The summed E-state index contributed by atoms with van der Waals surface area (Å²) in [4.78, 5) is 0. The first-order chi connectivity index (χ1) is 9.79. The Morgan fingerprint density at radius 2 is 1.55 bits per heavy atom. The van der Waals surface area contributed by atoms with E-state index in [-0.39, 0.29) is 0 Å². The molecule has 0 amide bonds. The van der Waals surface area contributed by atoms with Gasteiger partial charge in [0, 0.05) is 12.6 Å². The highest BCUT2D eigenvalue weighted by molar-refractivity contribution is 5.26. The molecule has 0 aliphatic carbocycles. The molecule has 1 heteroatoms. The van der Waals surface area contributed by atoms with Crippen LogP contribution in [0.3, 0.4) is 0 Å². The van der Waals surface area contributed by atoms with E-state index in [0.29, 0.717) is 6.04 Å². The molecule has 0 saturated carbocycles. The Balaban J connectivity index is 1.79. The summed E-state index contributed by atoms with van der Waals surface area (Å²) in [6, 6.07) is 20.0. The first-order valence-electron chi connectivity index (χ1n) is 7.63. The molecule has 2 aromatic carbocycles. The molecule has 1 nitrogen and oxygen atoms in total. The van der Waals surface area contributed by atoms with Crippen LogP contribution in [0, 0.1) is 0 Å². The van der Waals surface area contributed by atoms with Gasteiger partial charge in [-0.25, -0.2) is 0 Å². The lowest BCUT2D eigenvalue weighted by atomic mass is 10.0. The zero-order valence-electron chi connectivity index (χ0n) is 12.6. The van der Waals surface area contributed by atoms with Crippen LogP contribution in [0.15, 0.2) is 54.6 Å². The van der Waals surface area contributed by atoms with Crippen molar-refractivity contribution < 1.29 is 0 Å². The van der Waals surface area contributed by atoms with Crippen molar-refractivity contribution in [2.75, 3.05) is 0 Å². The van der Waals surface area contributed by atoms with Crippen LogP contribution in [0.5, 0.6) is 0 Å². The van der Waals surface area contributed by atoms with Gasteiger partial charge in [0.15, 0.2) is 0 Å². The largest absolute Gasteiger partial charge is 0.310 e. The topological polar surface area (TPSA) is 12.0 Å². The van der Waals surface area contributed by atoms with Crippen LogP contribution in [0.2, 0.25) is 0 Å². The molecular weight excluding hydrogens is 242 g/mol. The highest BCUT2D eigenvalue weighted by atomic mass is 14.9. The highest BCUT2D eigenvalue weighted by Gasteiger charge is 2.04. The molecule has 0 bridgehead atoms. The lowest BCUT2D eigenvalue weighted by Gasteiger charge is -2.15. The van der Waals surface area contributed by atoms with Gasteiger partial charge in [-0.1, -0.05) is 61.5 Å². The van der Waals surface area contributed by atoms with E-state index in [9.17, 15) is 0 Å². The van der Waals surface area contributed by atoms with Crippen LogP contribution in [0.25, 0.3) is 0 Å². The van der Waals surface area contributed by atoms with E-state index < -0.39 is 0 Å². The first-order valence-corrected chi connectivity index (χ1v) is 7.63. The van der Waals surface area contributed by atoms with Crippen molar-refractivity contribution in [3.63, 3.8) is 0 Å². The van der Waals surface area contributed by atoms with Gasteiger partial charge in [0.1, 0.15) is 0 Å². The Hall–Kier alpha value is -1.60. The van der Waals surface area contributed by atoms with Crippen molar-refractivity contribution >= 4 is 0 Å². The normalized spacial score (nSPS) is 12.3. The van der Waals surface area contributed by atoms with Gasteiger partial charge in [0.05, 0.1) is 0 Å². The smallest absolute Gasteiger partial charge is 0.0210 e. The Morgan fingerprint density at radius 1 is 0.900 bits per heavy atom. The molecule has 1 atom stereocenters. The van der Waals surface area contributed by atoms with Crippen molar-refractivity contribution in [3.8, 4) is 0 Å². The molecule has 0 aromatic heterocycles. The van der Waals surface area contributed by atoms with Crippen molar-refractivity contribution in [1.29, 1.82) is 0 Å². The Labute approximate surface area is 123 Å². The quantitative estimate of drug-likeness (QED) is 0.786. The zero-order chi connectivity index (χ0) is 14.2. The molecule has 0 radical (unpaired) electrons. The van der Waals surface area contributed by atoms with Crippen LogP contribution in [0.1, 0.15) is 37.0 Å². The SMILES string of the molecule is CCc1ccccc1CNC(C)CCc1ccccc1. The number of hydrogen-bond acceptors (Lipinski definition) is 1. The fourth-order valence-electron chi connectivity index (χ4n) is 2.49. The van der Waals surface area contributed by atoms with Gasteiger partial charge in [-0.05, 0) is 42.9 Å². The van der Waals surface area contributed by atoms with Gasteiger partial charge < -0.3 is 5.32 Å². The standard InChI is InChI=1S/C19H25N/c1-3-18-11-7-8-12-19(18)15-20-16(2)13-14-17-9-5-4-6-10-17/h4-12,16,20H,3,13-15H2,1-2H3. The van der Waals surface area contributed by atoms with E-state index in [1.807, 2.05) is 0 Å². The molecule has 2 aromatic rings. The Bertz CT molecular complexity index is 504. The molecule has 0 aliphatic heterocycles. The Kier molecular flexibility index (Phi) is 5.82. The minimum absolute atomic E-state index is 0.542. The van der Waals surface area contributed by atoms with Crippen LogP contribution in [-0.4, -0.2) is 6.04 Å². The molecule has 2 rings (SSSR count). The summed E-state index contributed by atoms with van der Waals surface area (Å²) in [5.74, 6) is 0. The zero-order valence-corrected chi connectivity index (χ0v) is 12.6. The monoisotopic (exact) mass is 267 g/mol. The van der Waals surface area contributed by atoms with E-state index in [1.54, 1.807) is 0 Å². The maximum absolute atomic E-state index is 3.64. The molecule has 1 unspecified atom stereocenters. The molecule has 0 fully saturated rings. The summed E-state index contributed by atoms with van der Waals surface area (Å²) < 4.78 is 0. The van der Waals surface area contributed by atoms with Gasteiger partial charge >= 0.3 is 0 Å². The average molecular weight is 267 g/mol. The molecule has 1 N–H and O–H groups in total. The second-order valence-corrected chi connectivity index (χ2v) is 5.43. The third-order valence-electron chi connectivity index (χ3n) is 3.85. The van der Waals surface area contributed by atoms with Crippen molar-refractivity contribution in [1.82, 2.24) is 5.32 Å². The second-order valence-electron chi connectivity index (χ2n) is 5.43. The summed E-state index contributed by atoms with van der Waals surface area (Å²) in [5, 5.41) is 3.64. The fourth-order valence-corrected chi connectivity index (χ4v) is 2.49. The van der Waals surface area contributed by atoms with E-state index in [1.165, 1.54) is 23.1 Å². The number of benzene rings is 2. The fraction of sp³-hybridized carbons (Fsp3) is 0.368. The molecule has 20 heavy (non-hydrogen) atoms. The van der Waals surface area contributed by atoms with Gasteiger partial charge in [-0.3, -0.25) is 0 Å². The Morgan fingerprint density at radius 3 is 2.25 bits per heavy atom. The molecular formula is C19H25N. The minimum Gasteiger partial charge on any atom is -0.310 e. The highest BCUT2D eigenvalue weighted by Crippen LogP contribution is 2.10. The summed E-state index contributed by atoms with van der Waals surface area (Å²) in [6.07, 6.45) is 3.43. The maximum atomic E-state index is 3.64. The molecule has 106 valence electrons. The van der Waals surface area contributed by atoms with Crippen molar-refractivity contribution in [2.24, 2.45) is 0 Å². The summed E-state index contributed by atoms with van der Waals surface area (Å²) in [5.41, 5.74) is 4.31. The van der Waals surface area contributed by atoms with Gasteiger partial charge in [0.25, 0.3) is 0 Å². The summed E-state index contributed by atoms with van der Waals surface area (Å²) >= 11 is 0. The third kappa shape index (κ3) is 4.50.